The third kappa shape index (κ3) is 3.23. The Morgan fingerprint density at radius 3 is 2.62 bits per heavy atom. The van der Waals surface area contributed by atoms with E-state index in [-0.39, 0.29) is 5.91 Å². The number of amides is 1. The lowest BCUT2D eigenvalue weighted by Gasteiger charge is -2.36. The van der Waals surface area contributed by atoms with Crippen molar-refractivity contribution in [3.05, 3.63) is 53.2 Å². The lowest BCUT2D eigenvalue weighted by molar-refractivity contribution is -0.125. The molecule has 0 spiro atoms. The van der Waals surface area contributed by atoms with Crippen LogP contribution in [0.15, 0.2) is 42.6 Å². The van der Waals surface area contributed by atoms with Gasteiger partial charge in [0.25, 0.3) is 0 Å². The number of carbonyl (C=O) groups excluding carboxylic acids is 1. The zero-order chi connectivity index (χ0) is 17.0. The Hall–Kier alpha value is -2.11. The first-order chi connectivity index (χ1) is 11.7. The number of pyridine rings is 1. The van der Waals surface area contributed by atoms with Crippen molar-refractivity contribution in [1.29, 1.82) is 0 Å². The van der Waals surface area contributed by atoms with E-state index in [2.05, 4.69) is 10.3 Å². The van der Waals surface area contributed by atoms with Gasteiger partial charge in [-0.05, 0) is 30.5 Å². The fourth-order valence-electron chi connectivity index (χ4n) is 3.01. The first kappa shape index (κ1) is 16.7. The summed E-state index contributed by atoms with van der Waals surface area (Å²) in [5.74, 6) is 0.408. The molecular weight excluding hydrogens is 328 g/mol. The Labute approximate surface area is 145 Å². The highest BCUT2D eigenvalue weighted by molar-refractivity contribution is 6.31. The first-order valence-electron chi connectivity index (χ1n) is 7.80. The van der Waals surface area contributed by atoms with Crippen LogP contribution in [0.25, 0.3) is 0 Å². The topological polar surface area (TPSA) is 60.5 Å². The van der Waals surface area contributed by atoms with Crippen LogP contribution in [0.2, 0.25) is 5.02 Å². The van der Waals surface area contributed by atoms with Gasteiger partial charge in [-0.1, -0.05) is 29.8 Å². The van der Waals surface area contributed by atoms with Crippen LogP contribution in [0, 0.1) is 0 Å². The summed E-state index contributed by atoms with van der Waals surface area (Å²) in [7, 11) is 1.55. The van der Waals surface area contributed by atoms with E-state index in [0.717, 1.165) is 5.56 Å². The molecule has 0 atom stereocenters. The molecule has 3 rings (SSSR count). The minimum Gasteiger partial charge on any atom is -0.481 e. The molecule has 1 aromatic carbocycles. The number of nitrogens with one attached hydrogen (secondary N) is 1. The molecule has 1 amide bonds. The summed E-state index contributed by atoms with van der Waals surface area (Å²) in [4.78, 5) is 17.2. The quantitative estimate of drug-likeness (QED) is 0.921. The number of aromatic nitrogens is 1. The van der Waals surface area contributed by atoms with Crippen LogP contribution in [0.4, 0.5) is 5.69 Å². The summed E-state index contributed by atoms with van der Waals surface area (Å²) in [6, 6.07) is 11.0. The maximum atomic E-state index is 13.1. The molecular formula is C18H19ClN2O3. The van der Waals surface area contributed by atoms with Crippen LogP contribution >= 0.6 is 11.6 Å². The summed E-state index contributed by atoms with van der Waals surface area (Å²) in [5, 5.41) is 3.56. The van der Waals surface area contributed by atoms with Crippen molar-refractivity contribution in [1.82, 2.24) is 4.98 Å². The van der Waals surface area contributed by atoms with Crippen LogP contribution in [-0.4, -0.2) is 31.2 Å². The molecule has 1 N–H and O–H groups in total. The third-order valence-corrected chi connectivity index (χ3v) is 4.70. The zero-order valence-corrected chi connectivity index (χ0v) is 14.2. The highest BCUT2D eigenvalue weighted by atomic mass is 35.5. The van der Waals surface area contributed by atoms with E-state index >= 15 is 0 Å². The van der Waals surface area contributed by atoms with Crippen molar-refractivity contribution >= 4 is 23.2 Å². The van der Waals surface area contributed by atoms with E-state index < -0.39 is 5.41 Å². The van der Waals surface area contributed by atoms with E-state index in [0.29, 0.717) is 42.6 Å². The van der Waals surface area contributed by atoms with E-state index in [1.165, 1.54) is 0 Å². The number of benzene rings is 1. The number of ether oxygens (including phenoxy) is 2. The highest BCUT2D eigenvalue weighted by Gasteiger charge is 2.43. The predicted molar refractivity (Wildman–Crippen MR) is 92.6 cm³/mol. The predicted octanol–water partition coefficient (Wildman–Crippen LogP) is 3.43. The number of nitrogens with zero attached hydrogens (tertiary/aromatic N) is 1. The maximum absolute atomic E-state index is 13.1. The van der Waals surface area contributed by atoms with Gasteiger partial charge in [-0.15, -0.1) is 0 Å². The molecule has 2 aromatic rings. The van der Waals surface area contributed by atoms with Gasteiger partial charge in [0, 0.05) is 24.3 Å². The second-order valence-electron chi connectivity index (χ2n) is 5.72. The van der Waals surface area contributed by atoms with Gasteiger partial charge in [-0.25, -0.2) is 4.98 Å². The molecule has 126 valence electrons. The lowest BCUT2D eigenvalue weighted by atomic mass is 9.73. The van der Waals surface area contributed by atoms with E-state index in [9.17, 15) is 4.79 Å². The van der Waals surface area contributed by atoms with Crippen LogP contribution in [-0.2, 0) is 14.9 Å². The van der Waals surface area contributed by atoms with Gasteiger partial charge in [0.1, 0.15) is 0 Å². The second-order valence-corrected chi connectivity index (χ2v) is 6.12. The van der Waals surface area contributed by atoms with Crippen molar-refractivity contribution in [2.75, 3.05) is 25.6 Å². The van der Waals surface area contributed by atoms with Crippen LogP contribution in [0.5, 0.6) is 5.88 Å². The van der Waals surface area contributed by atoms with Crippen molar-refractivity contribution < 1.29 is 14.3 Å². The Bertz CT molecular complexity index is 712. The van der Waals surface area contributed by atoms with E-state index in [1.807, 2.05) is 24.3 Å². The van der Waals surface area contributed by atoms with E-state index in [1.54, 1.807) is 25.4 Å². The zero-order valence-electron chi connectivity index (χ0n) is 13.4. The fourth-order valence-corrected chi connectivity index (χ4v) is 3.33. The van der Waals surface area contributed by atoms with Crippen LogP contribution in [0.1, 0.15) is 18.4 Å². The number of halogens is 1. The van der Waals surface area contributed by atoms with Gasteiger partial charge >= 0.3 is 0 Å². The molecule has 6 heteroatoms. The molecule has 0 aliphatic carbocycles. The van der Waals surface area contributed by atoms with Crippen molar-refractivity contribution in [2.45, 2.75) is 18.3 Å². The largest absolute Gasteiger partial charge is 0.481 e. The molecule has 0 radical (unpaired) electrons. The molecule has 1 aliphatic heterocycles. The third-order valence-electron chi connectivity index (χ3n) is 4.37. The van der Waals surface area contributed by atoms with Crippen molar-refractivity contribution in [3.63, 3.8) is 0 Å². The number of anilines is 1. The molecule has 2 heterocycles. The normalized spacial score (nSPS) is 16.4. The number of carbonyl (C=O) groups is 1. The average molecular weight is 347 g/mol. The average Bonchev–Trinajstić information content (AvgIpc) is 2.63. The number of rotatable bonds is 4. The van der Waals surface area contributed by atoms with Gasteiger partial charge in [-0.3, -0.25) is 4.79 Å². The fraction of sp³-hybridized carbons (Fsp3) is 0.333. The molecule has 0 bridgehead atoms. The smallest absolute Gasteiger partial charge is 0.235 e. The molecule has 1 aliphatic rings. The Morgan fingerprint density at radius 2 is 2.00 bits per heavy atom. The summed E-state index contributed by atoms with van der Waals surface area (Å²) in [6.45, 7) is 1.05. The number of hydrogen-bond acceptors (Lipinski definition) is 4. The Morgan fingerprint density at radius 1 is 1.25 bits per heavy atom. The number of methoxy groups -OCH3 is 1. The van der Waals surface area contributed by atoms with Gasteiger partial charge < -0.3 is 14.8 Å². The van der Waals surface area contributed by atoms with Gasteiger partial charge in [0.15, 0.2) is 0 Å². The minimum absolute atomic E-state index is 0.0918. The van der Waals surface area contributed by atoms with Gasteiger partial charge in [-0.2, -0.15) is 0 Å². The summed E-state index contributed by atoms with van der Waals surface area (Å²) in [6.07, 6.45) is 2.76. The second kappa shape index (κ2) is 7.20. The molecule has 5 nitrogen and oxygen atoms in total. The van der Waals surface area contributed by atoms with Crippen LogP contribution in [0.3, 0.4) is 0 Å². The lowest BCUT2D eigenvalue weighted by Crippen LogP contribution is -2.45. The molecule has 0 unspecified atom stereocenters. The summed E-state index contributed by atoms with van der Waals surface area (Å²) in [5.41, 5.74) is 0.768. The monoisotopic (exact) mass is 346 g/mol. The summed E-state index contributed by atoms with van der Waals surface area (Å²) >= 11 is 6.38. The van der Waals surface area contributed by atoms with Gasteiger partial charge in [0.2, 0.25) is 11.8 Å². The SMILES string of the molecule is COc1ccc(NC(=O)C2(c3ccccc3Cl)CCOCC2)cn1. The van der Waals surface area contributed by atoms with E-state index in [4.69, 9.17) is 21.1 Å². The number of hydrogen-bond donors (Lipinski definition) is 1. The van der Waals surface area contributed by atoms with Gasteiger partial charge in [0.05, 0.1) is 24.4 Å². The maximum Gasteiger partial charge on any atom is 0.235 e. The molecule has 1 fully saturated rings. The summed E-state index contributed by atoms with van der Waals surface area (Å²) < 4.78 is 10.5. The van der Waals surface area contributed by atoms with Crippen molar-refractivity contribution in [2.24, 2.45) is 0 Å². The standard InChI is InChI=1S/C18H19ClN2O3/c1-23-16-7-6-13(12-20-16)21-17(22)18(8-10-24-11-9-18)14-4-2-3-5-15(14)19/h2-7,12H,8-11H2,1H3,(H,21,22). The Balaban J connectivity index is 1.90. The Kier molecular flexibility index (Phi) is 5.02. The highest BCUT2D eigenvalue weighted by Crippen LogP contribution is 2.39. The molecule has 0 saturated carbocycles. The molecule has 1 aromatic heterocycles. The molecule has 24 heavy (non-hydrogen) atoms. The minimum atomic E-state index is -0.698. The van der Waals surface area contributed by atoms with Crippen LogP contribution < -0.4 is 10.1 Å². The van der Waals surface area contributed by atoms with Crippen molar-refractivity contribution in [3.8, 4) is 5.88 Å². The first-order valence-corrected chi connectivity index (χ1v) is 8.18. The molecule has 1 saturated heterocycles.